The summed E-state index contributed by atoms with van der Waals surface area (Å²) in [6.45, 7) is 28.1. The molecule has 120 valence electrons. The van der Waals surface area contributed by atoms with Gasteiger partial charge in [-0.05, 0) is 47.0 Å². The Morgan fingerprint density at radius 3 is 1.30 bits per heavy atom. The highest BCUT2D eigenvalue weighted by Gasteiger charge is 2.69. The predicted molar refractivity (Wildman–Crippen MR) is 93.7 cm³/mol. The molecule has 1 fully saturated rings. The van der Waals surface area contributed by atoms with Crippen molar-refractivity contribution in [1.29, 1.82) is 0 Å². The van der Waals surface area contributed by atoms with Gasteiger partial charge in [0.15, 0.2) is 0 Å². The Labute approximate surface area is 127 Å². The van der Waals surface area contributed by atoms with Crippen LogP contribution in [0.3, 0.4) is 0 Å². The summed E-state index contributed by atoms with van der Waals surface area (Å²) in [7, 11) is -1.50. The second-order valence-electron chi connectivity index (χ2n) is 10.3. The lowest BCUT2D eigenvalue weighted by Crippen LogP contribution is -2.31. The van der Waals surface area contributed by atoms with Gasteiger partial charge in [0, 0.05) is 10.7 Å². The highest BCUT2D eigenvalue weighted by atomic mass is 31.2. The van der Waals surface area contributed by atoms with Gasteiger partial charge in [0.05, 0.1) is 18.5 Å². The van der Waals surface area contributed by atoms with Crippen LogP contribution in [0, 0.1) is 5.41 Å². The van der Waals surface area contributed by atoms with Crippen LogP contribution in [0.1, 0.15) is 83.1 Å². The van der Waals surface area contributed by atoms with Crippen molar-refractivity contribution in [3.05, 3.63) is 0 Å². The lowest BCUT2D eigenvalue weighted by molar-refractivity contribution is 0.236. The molecule has 1 rings (SSSR count). The first kappa shape index (κ1) is 18.2. The van der Waals surface area contributed by atoms with Gasteiger partial charge < -0.3 is 0 Å². The molecule has 0 amide bonds. The molecule has 2 nitrogen and oxygen atoms in total. The van der Waals surface area contributed by atoms with Gasteiger partial charge in [-0.15, -0.1) is 0 Å². The average Bonchev–Trinajstić information content (AvgIpc) is 2.67. The summed E-state index contributed by atoms with van der Waals surface area (Å²) >= 11 is 0. The highest BCUT2D eigenvalue weighted by Crippen LogP contribution is 2.87. The normalized spacial score (nSPS) is 32.2. The van der Waals surface area contributed by atoms with Crippen LogP contribution in [0.15, 0.2) is 4.74 Å². The molecular formula is C17H37N2P. The van der Waals surface area contributed by atoms with Gasteiger partial charge in [-0.25, -0.2) is 0 Å². The van der Waals surface area contributed by atoms with Crippen LogP contribution < -0.4 is 0 Å². The molecule has 3 unspecified atom stereocenters. The van der Waals surface area contributed by atoms with Crippen molar-refractivity contribution in [3.63, 3.8) is 0 Å². The smallest absolute Gasteiger partial charge is 0.0680 e. The van der Waals surface area contributed by atoms with Gasteiger partial charge in [0.25, 0.3) is 0 Å². The fourth-order valence-corrected chi connectivity index (χ4v) is 9.65. The molecule has 0 aliphatic carbocycles. The first-order valence-electron chi connectivity index (χ1n) is 7.88. The van der Waals surface area contributed by atoms with E-state index in [-0.39, 0.29) is 21.6 Å². The minimum Gasteiger partial charge on any atom is -0.280 e. The standard InChI is InChI=1S/C17H37N2P/c1-14(2,3)13-19(16(7,8)9)20(13,17(10,11)12)18-15(4,5)6/h13H,1-12H3. The third kappa shape index (κ3) is 3.17. The van der Waals surface area contributed by atoms with Gasteiger partial charge >= 0.3 is 0 Å². The van der Waals surface area contributed by atoms with Crippen molar-refractivity contribution in [2.24, 2.45) is 10.2 Å². The number of rotatable bonds is 0. The zero-order valence-corrected chi connectivity index (χ0v) is 16.8. The summed E-state index contributed by atoms with van der Waals surface area (Å²) < 4.78 is 8.21. The summed E-state index contributed by atoms with van der Waals surface area (Å²) in [6.07, 6.45) is 0. The first-order chi connectivity index (χ1) is 8.45. The topological polar surface area (TPSA) is 15.4 Å². The maximum atomic E-state index is 5.46. The van der Waals surface area contributed by atoms with Gasteiger partial charge in [-0.2, -0.15) is 0 Å². The lowest BCUT2D eigenvalue weighted by Gasteiger charge is -2.32. The molecule has 1 aliphatic heterocycles. The Morgan fingerprint density at radius 2 is 1.15 bits per heavy atom. The van der Waals surface area contributed by atoms with Crippen LogP contribution in [-0.2, 0) is 0 Å². The van der Waals surface area contributed by atoms with E-state index in [1.165, 1.54) is 0 Å². The van der Waals surface area contributed by atoms with Gasteiger partial charge in [0.1, 0.15) is 0 Å². The average molecular weight is 300 g/mol. The summed E-state index contributed by atoms with van der Waals surface area (Å²) in [4.78, 5) is 0. The van der Waals surface area contributed by atoms with Gasteiger partial charge in [0.2, 0.25) is 0 Å². The van der Waals surface area contributed by atoms with E-state index in [4.69, 9.17) is 4.74 Å². The van der Waals surface area contributed by atoms with Crippen LogP contribution in [0.4, 0.5) is 0 Å². The number of hydrogen-bond donors (Lipinski definition) is 0. The lowest BCUT2D eigenvalue weighted by atomic mass is 9.95. The molecule has 0 aromatic carbocycles. The minimum absolute atomic E-state index is 0.0323. The molecule has 1 heterocycles. The molecular weight excluding hydrogens is 263 g/mol. The van der Waals surface area contributed by atoms with E-state index in [2.05, 4.69) is 87.8 Å². The van der Waals surface area contributed by atoms with Crippen molar-refractivity contribution < 1.29 is 0 Å². The van der Waals surface area contributed by atoms with E-state index in [1.807, 2.05) is 0 Å². The first-order valence-corrected chi connectivity index (χ1v) is 9.64. The Balaban J connectivity index is 3.58. The predicted octanol–water partition coefficient (Wildman–Crippen LogP) is 6.19. The third-order valence-corrected chi connectivity index (χ3v) is 9.57. The van der Waals surface area contributed by atoms with E-state index in [9.17, 15) is 0 Å². The van der Waals surface area contributed by atoms with Crippen LogP contribution in [0.25, 0.3) is 0 Å². The fourth-order valence-electron chi connectivity index (χ4n) is 3.38. The molecule has 3 atom stereocenters. The second kappa shape index (κ2) is 4.59. The third-order valence-electron chi connectivity index (χ3n) is 3.75. The fraction of sp³-hybridized carbons (Fsp3) is 1.00. The molecule has 0 saturated carbocycles. The van der Waals surface area contributed by atoms with Crippen molar-refractivity contribution >= 4 is 7.21 Å². The Morgan fingerprint density at radius 1 is 0.750 bits per heavy atom. The maximum Gasteiger partial charge on any atom is 0.0680 e. The zero-order chi connectivity index (χ0) is 16.4. The molecule has 20 heavy (non-hydrogen) atoms. The van der Waals surface area contributed by atoms with Gasteiger partial charge in [-0.1, -0.05) is 41.5 Å². The van der Waals surface area contributed by atoms with Crippen molar-refractivity contribution in [2.45, 2.75) is 105 Å². The summed E-state index contributed by atoms with van der Waals surface area (Å²) in [6, 6.07) is 0. The molecule has 0 bridgehead atoms. The molecule has 0 spiro atoms. The van der Waals surface area contributed by atoms with Crippen LogP contribution in [0.5, 0.6) is 0 Å². The minimum atomic E-state index is -1.50. The second-order valence-corrected chi connectivity index (χ2v) is 14.1. The molecule has 0 radical (unpaired) electrons. The summed E-state index contributed by atoms with van der Waals surface area (Å²) in [5.41, 5.74) is 0.501. The van der Waals surface area contributed by atoms with Crippen molar-refractivity contribution in [2.75, 3.05) is 0 Å². The van der Waals surface area contributed by atoms with E-state index in [1.54, 1.807) is 0 Å². The van der Waals surface area contributed by atoms with E-state index < -0.39 is 7.21 Å². The Bertz CT molecular complexity index is 398. The molecule has 1 saturated heterocycles. The molecule has 0 aromatic rings. The molecule has 0 N–H and O–H groups in total. The highest BCUT2D eigenvalue weighted by molar-refractivity contribution is 7.72. The maximum absolute atomic E-state index is 5.46. The van der Waals surface area contributed by atoms with Crippen molar-refractivity contribution in [3.8, 4) is 0 Å². The largest absolute Gasteiger partial charge is 0.280 e. The van der Waals surface area contributed by atoms with E-state index in [0.717, 1.165) is 0 Å². The monoisotopic (exact) mass is 300 g/mol. The van der Waals surface area contributed by atoms with Crippen molar-refractivity contribution in [1.82, 2.24) is 4.67 Å². The van der Waals surface area contributed by atoms with E-state index in [0.29, 0.717) is 5.78 Å². The zero-order valence-electron chi connectivity index (χ0n) is 15.9. The summed E-state index contributed by atoms with van der Waals surface area (Å²) in [5.74, 6) is 0.606. The quantitative estimate of drug-likeness (QED) is 0.385. The van der Waals surface area contributed by atoms with Gasteiger partial charge in [-0.3, -0.25) is 9.42 Å². The molecule has 0 aromatic heterocycles. The summed E-state index contributed by atoms with van der Waals surface area (Å²) in [5, 5.41) is 0.242. The molecule has 3 heteroatoms. The molecule has 1 aliphatic rings. The van der Waals surface area contributed by atoms with Crippen LogP contribution in [0.2, 0.25) is 0 Å². The number of nitrogens with zero attached hydrogens (tertiary/aromatic N) is 2. The van der Waals surface area contributed by atoms with E-state index >= 15 is 0 Å². The Hall–Kier alpha value is 0.190. The van der Waals surface area contributed by atoms with Crippen LogP contribution >= 0.6 is 7.21 Å². The Kier molecular flexibility index (Phi) is 4.19. The van der Waals surface area contributed by atoms with Crippen LogP contribution in [-0.4, -0.2) is 26.7 Å². The SMILES string of the molecule is CC(C)(C)N=P1(C(C)(C)C)C(C(C)(C)C)N1C(C)(C)C. The number of hydrogen-bond acceptors (Lipinski definition) is 1.